The molecule has 0 spiro atoms. The van der Waals surface area contributed by atoms with Crippen LogP contribution >= 0.6 is 0 Å². The fourth-order valence-corrected chi connectivity index (χ4v) is 2.73. The lowest BCUT2D eigenvalue weighted by molar-refractivity contribution is -0.139. The summed E-state index contributed by atoms with van der Waals surface area (Å²) in [7, 11) is 0. The maximum Gasteiger partial charge on any atom is 0.338 e. The number of urea groups is 1. The Morgan fingerprint density at radius 1 is 1.23 bits per heavy atom. The zero-order chi connectivity index (χ0) is 19.1. The largest absolute Gasteiger partial charge is 0.493 e. The number of amides is 2. The molecular weight excluding hydrogens is 332 g/mol. The third-order valence-electron chi connectivity index (χ3n) is 4.11. The Bertz CT molecular complexity index is 682. The molecule has 0 radical (unpaired) electrons. The van der Waals surface area contributed by atoms with Gasteiger partial charge in [-0.1, -0.05) is 39.0 Å². The molecular formula is C20H28N2O4. The highest BCUT2D eigenvalue weighted by molar-refractivity contribution is 5.95. The number of allylic oxidation sites excluding steroid dienone is 1. The smallest absolute Gasteiger partial charge is 0.338 e. The van der Waals surface area contributed by atoms with E-state index < -0.39 is 12.0 Å². The van der Waals surface area contributed by atoms with Crippen molar-refractivity contribution in [2.45, 2.75) is 46.6 Å². The Labute approximate surface area is 154 Å². The normalized spacial score (nSPS) is 17.0. The summed E-state index contributed by atoms with van der Waals surface area (Å²) in [5.74, 6) is 0.675. The molecule has 26 heavy (non-hydrogen) atoms. The number of hydrogen-bond acceptors (Lipinski definition) is 4. The molecule has 1 heterocycles. The quantitative estimate of drug-likeness (QED) is 0.693. The number of esters is 1. The lowest BCUT2D eigenvalue weighted by atomic mass is 9.95. The van der Waals surface area contributed by atoms with Gasteiger partial charge in [0, 0.05) is 11.3 Å². The third kappa shape index (κ3) is 5.00. The van der Waals surface area contributed by atoms with Crippen LogP contribution in [0.4, 0.5) is 4.79 Å². The van der Waals surface area contributed by atoms with Crippen LogP contribution in [0.5, 0.6) is 5.75 Å². The molecule has 1 atom stereocenters. The fraction of sp³-hybridized carbons (Fsp3) is 0.500. The van der Waals surface area contributed by atoms with E-state index in [2.05, 4.69) is 24.5 Å². The Kier molecular flexibility index (Phi) is 7.06. The molecule has 1 aromatic carbocycles. The van der Waals surface area contributed by atoms with Gasteiger partial charge >= 0.3 is 12.0 Å². The molecule has 1 aromatic rings. The topological polar surface area (TPSA) is 76.7 Å². The molecule has 6 heteroatoms. The van der Waals surface area contributed by atoms with Gasteiger partial charge in [0.05, 0.1) is 24.8 Å². The Balaban J connectivity index is 2.31. The van der Waals surface area contributed by atoms with Crippen LogP contribution in [-0.4, -0.2) is 25.2 Å². The molecule has 142 valence electrons. The summed E-state index contributed by atoms with van der Waals surface area (Å²) in [5, 5.41) is 5.48. The number of ether oxygens (including phenoxy) is 2. The van der Waals surface area contributed by atoms with E-state index in [-0.39, 0.29) is 6.03 Å². The molecule has 0 unspecified atom stereocenters. The minimum Gasteiger partial charge on any atom is -0.493 e. The van der Waals surface area contributed by atoms with Gasteiger partial charge in [0.15, 0.2) is 0 Å². The lowest BCUT2D eigenvalue weighted by Gasteiger charge is -2.29. The van der Waals surface area contributed by atoms with E-state index in [0.29, 0.717) is 36.2 Å². The van der Waals surface area contributed by atoms with Gasteiger partial charge in [-0.2, -0.15) is 0 Å². The monoisotopic (exact) mass is 360 g/mol. The first-order valence-electron chi connectivity index (χ1n) is 9.11. The number of rotatable bonds is 8. The Morgan fingerprint density at radius 2 is 1.96 bits per heavy atom. The minimum atomic E-state index is -0.608. The molecule has 2 rings (SSSR count). The van der Waals surface area contributed by atoms with Crippen LogP contribution in [-0.2, 0) is 9.53 Å². The van der Waals surface area contributed by atoms with Gasteiger partial charge in [-0.3, -0.25) is 0 Å². The van der Waals surface area contributed by atoms with Crippen molar-refractivity contribution in [2.75, 3.05) is 13.2 Å². The van der Waals surface area contributed by atoms with Crippen LogP contribution in [0.3, 0.4) is 0 Å². The molecule has 1 aliphatic rings. The van der Waals surface area contributed by atoms with Gasteiger partial charge < -0.3 is 20.1 Å². The van der Waals surface area contributed by atoms with Gasteiger partial charge in [-0.25, -0.2) is 9.59 Å². The second-order valence-electron chi connectivity index (χ2n) is 6.77. The maximum atomic E-state index is 12.7. The van der Waals surface area contributed by atoms with Gasteiger partial charge in [0.1, 0.15) is 5.75 Å². The van der Waals surface area contributed by atoms with Crippen LogP contribution in [0.2, 0.25) is 0 Å². The summed E-state index contributed by atoms with van der Waals surface area (Å²) in [6.45, 7) is 8.79. The van der Waals surface area contributed by atoms with E-state index >= 15 is 0 Å². The van der Waals surface area contributed by atoms with Crippen LogP contribution in [0.1, 0.15) is 52.1 Å². The summed E-state index contributed by atoms with van der Waals surface area (Å²) in [6.07, 6.45) is 1.66. The van der Waals surface area contributed by atoms with E-state index in [0.717, 1.165) is 18.4 Å². The van der Waals surface area contributed by atoms with E-state index in [1.54, 1.807) is 6.92 Å². The van der Waals surface area contributed by atoms with Crippen molar-refractivity contribution in [1.29, 1.82) is 0 Å². The van der Waals surface area contributed by atoms with Gasteiger partial charge in [0.25, 0.3) is 0 Å². The number of hydrogen-bond donors (Lipinski definition) is 2. The van der Waals surface area contributed by atoms with Crippen LogP contribution in [0, 0.1) is 5.92 Å². The molecule has 0 saturated carbocycles. The van der Waals surface area contributed by atoms with Crippen LogP contribution < -0.4 is 15.4 Å². The number of benzene rings is 1. The number of para-hydroxylation sites is 1. The summed E-state index contributed by atoms with van der Waals surface area (Å²) in [6, 6.07) is 6.47. The van der Waals surface area contributed by atoms with Gasteiger partial charge in [-0.15, -0.1) is 0 Å². The van der Waals surface area contributed by atoms with Crippen LogP contribution in [0.15, 0.2) is 35.5 Å². The average molecular weight is 360 g/mol. The number of nitrogens with one attached hydrogen (secondary N) is 2. The highest BCUT2D eigenvalue weighted by Crippen LogP contribution is 2.33. The summed E-state index contributed by atoms with van der Waals surface area (Å²) in [4.78, 5) is 24.7. The Morgan fingerprint density at radius 3 is 2.65 bits per heavy atom. The predicted molar refractivity (Wildman–Crippen MR) is 99.8 cm³/mol. The first kappa shape index (κ1) is 19.8. The SMILES string of the molecule is CCCOc1ccccc1[C@H]1NC(=O)NC(C)=C1C(=O)OCCC(C)C. The molecule has 0 saturated heterocycles. The van der Waals surface area contributed by atoms with Crippen molar-refractivity contribution in [2.24, 2.45) is 5.92 Å². The molecule has 1 aliphatic heterocycles. The van der Waals surface area contributed by atoms with E-state index in [9.17, 15) is 9.59 Å². The summed E-state index contributed by atoms with van der Waals surface area (Å²) in [5.41, 5.74) is 1.64. The molecule has 6 nitrogen and oxygen atoms in total. The molecule has 0 aliphatic carbocycles. The predicted octanol–water partition coefficient (Wildman–Crippen LogP) is 3.69. The van der Waals surface area contributed by atoms with Crippen molar-refractivity contribution < 1.29 is 19.1 Å². The first-order valence-corrected chi connectivity index (χ1v) is 9.11. The fourth-order valence-electron chi connectivity index (χ4n) is 2.73. The van der Waals surface area contributed by atoms with Crippen molar-refractivity contribution >= 4 is 12.0 Å². The molecule has 2 amide bonds. The Hall–Kier alpha value is -2.50. The summed E-state index contributed by atoms with van der Waals surface area (Å²) >= 11 is 0. The van der Waals surface area contributed by atoms with E-state index in [4.69, 9.17) is 9.47 Å². The summed E-state index contributed by atoms with van der Waals surface area (Å²) < 4.78 is 11.2. The van der Waals surface area contributed by atoms with Crippen LogP contribution in [0.25, 0.3) is 0 Å². The zero-order valence-corrected chi connectivity index (χ0v) is 15.9. The number of carbonyl (C=O) groups excluding carboxylic acids is 2. The second kappa shape index (κ2) is 9.27. The third-order valence-corrected chi connectivity index (χ3v) is 4.11. The second-order valence-corrected chi connectivity index (χ2v) is 6.77. The highest BCUT2D eigenvalue weighted by Gasteiger charge is 2.33. The lowest BCUT2D eigenvalue weighted by Crippen LogP contribution is -2.45. The first-order chi connectivity index (χ1) is 12.4. The van der Waals surface area contributed by atoms with Crippen molar-refractivity contribution in [3.05, 3.63) is 41.1 Å². The van der Waals surface area contributed by atoms with E-state index in [1.165, 1.54) is 0 Å². The number of carbonyl (C=O) groups is 2. The van der Waals surface area contributed by atoms with Gasteiger partial charge in [-0.05, 0) is 31.7 Å². The van der Waals surface area contributed by atoms with E-state index in [1.807, 2.05) is 31.2 Å². The molecule has 2 N–H and O–H groups in total. The molecule has 0 aromatic heterocycles. The highest BCUT2D eigenvalue weighted by atomic mass is 16.5. The van der Waals surface area contributed by atoms with Crippen molar-refractivity contribution in [3.8, 4) is 5.75 Å². The minimum absolute atomic E-state index is 0.349. The van der Waals surface area contributed by atoms with Crippen molar-refractivity contribution in [1.82, 2.24) is 10.6 Å². The molecule has 0 fully saturated rings. The maximum absolute atomic E-state index is 12.7. The average Bonchev–Trinajstić information content (AvgIpc) is 2.59. The van der Waals surface area contributed by atoms with Gasteiger partial charge in [0.2, 0.25) is 0 Å². The zero-order valence-electron chi connectivity index (χ0n) is 15.9. The van der Waals surface area contributed by atoms with Crippen molar-refractivity contribution in [3.63, 3.8) is 0 Å². The molecule has 0 bridgehead atoms. The standard InChI is InChI=1S/C20H28N2O4/c1-5-11-25-16-9-7-6-8-15(16)18-17(14(4)21-20(24)22-18)19(23)26-12-10-13(2)3/h6-9,13,18H,5,10-12H2,1-4H3,(H2,21,22,24)/t18-/m1/s1.